The molecule has 2 aromatic carbocycles. The number of para-hydroxylation sites is 1. The fourth-order valence-corrected chi connectivity index (χ4v) is 3.30. The van der Waals surface area contributed by atoms with Gasteiger partial charge < -0.3 is 9.73 Å². The summed E-state index contributed by atoms with van der Waals surface area (Å²) < 4.78 is 5.27. The van der Waals surface area contributed by atoms with Crippen molar-refractivity contribution < 1.29 is 9.21 Å². The van der Waals surface area contributed by atoms with E-state index in [2.05, 4.69) is 36.2 Å². The summed E-state index contributed by atoms with van der Waals surface area (Å²) in [6.45, 7) is 6.34. The molecule has 1 unspecified atom stereocenters. The van der Waals surface area contributed by atoms with Gasteiger partial charge in [0.1, 0.15) is 11.1 Å². The molecule has 27 heavy (non-hydrogen) atoms. The molecule has 5 heteroatoms. The maximum atomic E-state index is 12.7. The predicted octanol–water partition coefficient (Wildman–Crippen LogP) is 3.61. The Bertz CT molecular complexity index is 962. The van der Waals surface area contributed by atoms with E-state index in [0.717, 1.165) is 24.0 Å². The minimum atomic E-state index is -0.620. The van der Waals surface area contributed by atoms with E-state index in [-0.39, 0.29) is 11.6 Å². The van der Waals surface area contributed by atoms with Crippen LogP contribution in [0.2, 0.25) is 0 Å². The first kappa shape index (κ1) is 18.9. The Morgan fingerprint density at radius 2 is 1.70 bits per heavy atom. The number of carbonyl (C=O) groups is 1. The Morgan fingerprint density at radius 3 is 2.41 bits per heavy atom. The molecular formula is C22H24N2O3. The van der Waals surface area contributed by atoms with Crippen LogP contribution in [-0.2, 0) is 0 Å². The van der Waals surface area contributed by atoms with E-state index in [1.807, 2.05) is 30.3 Å². The summed E-state index contributed by atoms with van der Waals surface area (Å²) in [7, 11) is 0. The van der Waals surface area contributed by atoms with Gasteiger partial charge in [-0.1, -0.05) is 62.4 Å². The van der Waals surface area contributed by atoms with Gasteiger partial charge in [0.25, 0.3) is 5.91 Å². The standard InChI is InChI=1S/C22H24N2O3/c1-3-24(4-2)19(16-10-6-5-7-11-16)15-23-21(25)18-14-17-12-8-9-13-20(17)27-22(18)26/h5-14,19H,3-4,15H2,1-2H3,(H,23,25). The third-order valence-electron chi connectivity index (χ3n) is 4.78. The lowest BCUT2D eigenvalue weighted by molar-refractivity contribution is 0.0931. The molecule has 0 saturated heterocycles. The SMILES string of the molecule is CCN(CC)C(CNC(=O)c1cc2ccccc2oc1=O)c1ccccc1. The van der Waals surface area contributed by atoms with E-state index < -0.39 is 11.5 Å². The highest BCUT2D eigenvalue weighted by atomic mass is 16.4. The molecule has 3 rings (SSSR count). The highest BCUT2D eigenvalue weighted by Crippen LogP contribution is 2.20. The lowest BCUT2D eigenvalue weighted by Crippen LogP contribution is -2.39. The number of hydrogen-bond donors (Lipinski definition) is 1. The number of likely N-dealkylation sites (N-methyl/N-ethyl adjacent to an activating group) is 1. The topological polar surface area (TPSA) is 62.6 Å². The Morgan fingerprint density at radius 1 is 1.04 bits per heavy atom. The highest BCUT2D eigenvalue weighted by molar-refractivity contribution is 5.96. The molecule has 0 aliphatic carbocycles. The van der Waals surface area contributed by atoms with Crippen LogP contribution in [0.5, 0.6) is 0 Å². The maximum absolute atomic E-state index is 12.7. The van der Waals surface area contributed by atoms with Crippen molar-refractivity contribution in [2.45, 2.75) is 19.9 Å². The van der Waals surface area contributed by atoms with E-state index in [4.69, 9.17) is 4.42 Å². The molecule has 5 nitrogen and oxygen atoms in total. The van der Waals surface area contributed by atoms with Crippen molar-refractivity contribution in [3.8, 4) is 0 Å². The summed E-state index contributed by atoms with van der Waals surface area (Å²) in [4.78, 5) is 27.1. The van der Waals surface area contributed by atoms with Crippen molar-refractivity contribution in [2.75, 3.05) is 19.6 Å². The number of benzene rings is 2. The van der Waals surface area contributed by atoms with Crippen molar-refractivity contribution in [1.29, 1.82) is 0 Å². The lowest BCUT2D eigenvalue weighted by atomic mass is 10.0. The van der Waals surface area contributed by atoms with Crippen LogP contribution in [0, 0.1) is 0 Å². The number of rotatable bonds is 7. The zero-order valence-electron chi connectivity index (χ0n) is 15.6. The molecular weight excluding hydrogens is 340 g/mol. The van der Waals surface area contributed by atoms with E-state index in [1.165, 1.54) is 0 Å². The fourth-order valence-electron chi connectivity index (χ4n) is 3.30. The quantitative estimate of drug-likeness (QED) is 0.651. The summed E-state index contributed by atoms with van der Waals surface area (Å²) in [5.74, 6) is -0.414. The second-order valence-corrected chi connectivity index (χ2v) is 6.34. The lowest BCUT2D eigenvalue weighted by Gasteiger charge is -2.30. The molecule has 1 N–H and O–H groups in total. The zero-order chi connectivity index (χ0) is 19.2. The minimum absolute atomic E-state index is 0.0278. The first-order valence-corrected chi connectivity index (χ1v) is 9.24. The Kier molecular flexibility index (Phi) is 6.04. The van der Waals surface area contributed by atoms with Crippen molar-refractivity contribution >= 4 is 16.9 Å². The molecule has 0 aliphatic heterocycles. The van der Waals surface area contributed by atoms with Crippen LogP contribution in [0.4, 0.5) is 0 Å². The van der Waals surface area contributed by atoms with Crippen LogP contribution in [0.3, 0.4) is 0 Å². The van der Waals surface area contributed by atoms with Crippen LogP contribution < -0.4 is 10.9 Å². The molecule has 140 valence electrons. The Balaban J connectivity index is 1.82. The van der Waals surface area contributed by atoms with Gasteiger partial charge in [0.15, 0.2) is 0 Å². The zero-order valence-corrected chi connectivity index (χ0v) is 15.6. The number of amides is 1. The van der Waals surface area contributed by atoms with Gasteiger partial charge in [-0.3, -0.25) is 9.69 Å². The summed E-state index contributed by atoms with van der Waals surface area (Å²) >= 11 is 0. The van der Waals surface area contributed by atoms with Crippen molar-refractivity contribution in [1.82, 2.24) is 10.2 Å². The normalized spacial score (nSPS) is 12.3. The second kappa shape index (κ2) is 8.64. The number of hydrogen-bond acceptors (Lipinski definition) is 4. The Hall–Kier alpha value is -2.92. The third-order valence-corrected chi connectivity index (χ3v) is 4.78. The molecule has 1 aromatic heterocycles. The summed E-state index contributed by atoms with van der Waals surface area (Å²) in [6, 6.07) is 18.9. The average Bonchev–Trinajstić information content (AvgIpc) is 2.71. The number of nitrogens with zero attached hydrogens (tertiary/aromatic N) is 1. The molecule has 1 heterocycles. The van der Waals surface area contributed by atoms with Gasteiger partial charge in [0, 0.05) is 11.9 Å². The summed E-state index contributed by atoms with van der Waals surface area (Å²) in [5.41, 5.74) is 1.02. The molecule has 0 spiro atoms. The smallest absolute Gasteiger partial charge is 0.349 e. The van der Waals surface area contributed by atoms with Gasteiger partial charge in [-0.15, -0.1) is 0 Å². The number of carbonyl (C=O) groups excluding carboxylic acids is 1. The number of fused-ring (bicyclic) bond motifs is 1. The predicted molar refractivity (Wildman–Crippen MR) is 107 cm³/mol. The van der Waals surface area contributed by atoms with Crippen LogP contribution in [-0.4, -0.2) is 30.4 Å². The molecule has 0 fully saturated rings. The second-order valence-electron chi connectivity index (χ2n) is 6.34. The van der Waals surface area contributed by atoms with Crippen LogP contribution in [0.1, 0.15) is 35.8 Å². The average molecular weight is 364 g/mol. The minimum Gasteiger partial charge on any atom is -0.422 e. The van der Waals surface area contributed by atoms with E-state index >= 15 is 0 Å². The molecule has 0 radical (unpaired) electrons. The molecule has 0 bridgehead atoms. The first-order valence-electron chi connectivity index (χ1n) is 9.24. The fraction of sp³-hybridized carbons (Fsp3) is 0.273. The van der Waals surface area contributed by atoms with E-state index in [1.54, 1.807) is 18.2 Å². The third kappa shape index (κ3) is 4.26. The van der Waals surface area contributed by atoms with Crippen molar-refractivity contribution in [3.05, 3.63) is 82.2 Å². The van der Waals surface area contributed by atoms with Gasteiger partial charge in [-0.05, 0) is 30.8 Å². The van der Waals surface area contributed by atoms with Crippen LogP contribution >= 0.6 is 0 Å². The molecule has 1 amide bonds. The first-order chi connectivity index (χ1) is 13.1. The van der Waals surface area contributed by atoms with Gasteiger partial charge in [0.2, 0.25) is 0 Å². The monoisotopic (exact) mass is 364 g/mol. The van der Waals surface area contributed by atoms with Crippen LogP contribution in [0.15, 0.2) is 69.9 Å². The number of nitrogens with one attached hydrogen (secondary N) is 1. The van der Waals surface area contributed by atoms with Gasteiger partial charge in [0.05, 0.1) is 6.04 Å². The van der Waals surface area contributed by atoms with Crippen molar-refractivity contribution in [2.24, 2.45) is 0 Å². The highest BCUT2D eigenvalue weighted by Gasteiger charge is 2.20. The maximum Gasteiger partial charge on any atom is 0.349 e. The van der Waals surface area contributed by atoms with Gasteiger partial charge in [-0.25, -0.2) is 4.79 Å². The molecule has 0 aliphatic rings. The van der Waals surface area contributed by atoms with E-state index in [9.17, 15) is 9.59 Å². The Labute approximate surface area is 158 Å². The summed E-state index contributed by atoms with van der Waals surface area (Å²) in [6.07, 6.45) is 0. The molecule has 0 saturated carbocycles. The van der Waals surface area contributed by atoms with Crippen LogP contribution in [0.25, 0.3) is 11.0 Å². The van der Waals surface area contributed by atoms with Gasteiger partial charge in [-0.2, -0.15) is 0 Å². The summed E-state index contributed by atoms with van der Waals surface area (Å²) in [5, 5.41) is 3.64. The molecule has 3 aromatic rings. The largest absolute Gasteiger partial charge is 0.422 e. The molecule has 1 atom stereocenters. The van der Waals surface area contributed by atoms with Crippen molar-refractivity contribution in [3.63, 3.8) is 0 Å². The van der Waals surface area contributed by atoms with E-state index in [0.29, 0.717) is 12.1 Å². The van der Waals surface area contributed by atoms with Gasteiger partial charge >= 0.3 is 5.63 Å².